The van der Waals surface area contributed by atoms with Gasteiger partial charge in [0.25, 0.3) is 5.69 Å². The molecular formula is C26H34N4O6S. The molecule has 2 aromatic rings. The molecule has 200 valence electrons. The van der Waals surface area contributed by atoms with Gasteiger partial charge in [0.2, 0.25) is 21.8 Å². The lowest BCUT2D eigenvalue weighted by Gasteiger charge is -2.33. The fraction of sp³-hybridized carbons (Fsp3) is 0.462. The Hall–Kier alpha value is -3.47. The molecule has 37 heavy (non-hydrogen) atoms. The molecule has 0 radical (unpaired) electrons. The Bertz CT molecular complexity index is 1240. The molecule has 2 amide bonds. The topological polar surface area (TPSA) is 130 Å². The first-order chi connectivity index (χ1) is 17.5. The van der Waals surface area contributed by atoms with Crippen molar-refractivity contribution < 1.29 is 22.9 Å². The Morgan fingerprint density at radius 3 is 2.41 bits per heavy atom. The molecular weight excluding hydrogens is 496 g/mol. The van der Waals surface area contributed by atoms with E-state index in [0.29, 0.717) is 6.42 Å². The van der Waals surface area contributed by atoms with Crippen LogP contribution in [0.1, 0.15) is 50.2 Å². The highest BCUT2D eigenvalue weighted by molar-refractivity contribution is 7.92. The molecule has 0 aromatic heterocycles. The molecule has 10 nitrogen and oxygen atoms in total. The lowest BCUT2D eigenvalue weighted by molar-refractivity contribution is -0.384. The van der Waals surface area contributed by atoms with Crippen LogP contribution in [0.25, 0.3) is 0 Å². The molecule has 0 heterocycles. The molecule has 0 spiro atoms. The van der Waals surface area contributed by atoms with Gasteiger partial charge in [-0.3, -0.25) is 24.0 Å². The van der Waals surface area contributed by atoms with Crippen LogP contribution in [0.3, 0.4) is 0 Å². The minimum Gasteiger partial charge on any atom is -0.352 e. The molecule has 11 heteroatoms. The van der Waals surface area contributed by atoms with Crippen molar-refractivity contribution in [2.24, 2.45) is 0 Å². The molecule has 2 aromatic carbocycles. The number of aryl methyl sites for hydroxylation is 1. The summed E-state index contributed by atoms with van der Waals surface area (Å²) in [5.41, 5.74) is 1.51. The second-order valence-electron chi connectivity index (χ2n) is 9.47. The minimum atomic E-state index is -3.98. The lowest BCUT2D eigenvalue weighted by atomic mass is 10.1. The first-order valence-electron chi connectivity index (χ1n) is 12.4. The van der Waals surface area contributed by atoms with Crippen LogP contribution in [0.15, 0.2) is 48.5 Å². The highest BCUT2D eigenvalue weighted by atomic mass is 32.2. The Morgan fingerprint density at radius 2 is 1.81 bits per heavy atom. The Kier molecular flexibility index (Phi) is 9.25. The summed E-state index contributed by atoms with van der Waals surface area (Å²) in [6, 6.07) is 11.9. The van der Waals surface area contributed by atoms with Crippen molar-refractivity contribution in [3.8, 4) is 0 Å². The molecule has 0 saturated heterocycles. The number of anilines is 1. The van der Waals surface area contributed by atoms with Gasteiger partial charge in [-0.05, 0) is 37.8 Å². The zero-order chi connectivity index (χ0) is 27.2. The van der Waals surface area contributed by atoms with E-state index in [-0.39, 0.29) is 29.9 Å². The molecule has 1 aliphatic carbocycles. The maximum Gasteiger partial charge on any atom is 0.271 e. The molecule has 3 rings (SSSR count). The fourth-order valence-electron chi connectivity index (χ4n) is 4.67. The number of rotatable bonds is 11. The van der Waals surface area contributed by atoms with E-state index < -0.39 is 33.4 Å². The maximum absolute atomic E-state index is 13.7. The third-order valence-electron chi connectivity index (χ3n) is 6.53. The molecule has 1 fully saturated rings. The number of carbonyl (C=O) groups excluding carboxylic acids is 2. The van der Waals surface area contributed by atoms with Gasteiger partial charge in [-0.1, -0.05) is 55.7 Å². The van der Waals surface area contributed by atoms with Crippen molar-refractivity contribution in [1.29, 1.82) is 0 Å². The fourth-order valence-corrected chi connectivity index (χ4v) is 5.51. The SMILES string of the molecule is CCC(C(=O)NC1CCCC1)N(Cc1cccc(C)c1)C(=O)CN(c1cccc([N+](=O)[O-])c1)S(C)(=O)=O. The molecule has 1 atom stereocenters. The van der Waals surface area contributed by atoms with Crippen LogP contribution >= 0.6 is 0 Å². The van der Waals surface area contributed by atoms with Crippen LogP contribution in [0.5, 0.6) is 0 Å². The van der Waals surface area contributed by atoms with E-state index in [1.54, 1.807) is 0 Å². The predicted octanol–water partition coefficient (Wildman–Crippen LogP) is 3.54. The van der Waals surface area contributed by atoms with E-state index in [4.69, 9.17) is 0 Å². The molecule has 1 saturated carbocycles. The molecule has 1 N–H and O–H groups in total. The van der Waals surface area contributed by atoms with Gasteiger partial charge < -0.3 is 10.2 Å². The van der Waals surface area contributed by atoms with Gasteiger partial charge in [-0.2, -0.15) is 0 Å². The summed E-state index contributed by atoms with van der Waals surface area (Å²) in [6.07, 6.45) is 5.14. The van der Waals surface area contributed by atoms with E-state index in [0.717, 1.165) is 53.4 Å². The number of non-ortho nitro benzene ring substituents is 1. The van der Waals surface area contributed by atoms with Gasteiger partial charge in [0.15, 0.2) is 0 Å². The van der Waals surface area contributed by atoms with Gasteiger partial charge in [-0.15, -0.1) is 0 Å². The highest BCUT2D eigenvalue weighted by Crippen LogP contribution is 2.24. The number of nitrogens with zero attached hydrogens (tertiary/aromatic N) is 3. The molecule has 0 bridgehead atoms. The number of sulfonamides is 1. The van der Waals surface area contributed by atoms with E-state index in [9.17, 15) is 28.1 Å². The number of nitro groups is 1. The number of benzene rings is 2. The van der Waals surface area contributed by atoms with Crippen LogP contribution in [-0.2, 0) is 26.2 Å². The first-order valence-corrected chi connectivity index (χ1v) is 14.2. The lowest BCUT2D eigenvalue weighted by Crippen LogP contribution is -2.53. The van der Waals surface area contributed by atoms with Crippen molar-refractivity contribution in [3.63, 3.8) is 0 Å². The van der Waals surface area contributed by atoms with Crippen LogP contribution in [0.4, 0.5) is 11.4 Å². The minimum absolute atomic E-state index is 0.00371. The number of carbonyl (C=O) groups is 2. The van der Waals surface area contributed by atoms with Crippen molar-refractivity contribution in [3.05, 3.63) is 69.8 Å². The summed E-state index contributed by atoms with van der Waals surface area (Å²) < 4.78 is 26.2. The monoisotopic (exact) mass is 530 g/mol. The maximum atomic E-state index is 13.7. The standard InChI is InChI=1S/C26H34N4O6S/c1-4-24(26(32)27-21-11-5-6-12-21)28(17-20-10-7-9-19(2)15-20)25(31)18-29(37(3,35)36)22-13-8-14-23(16-22)30(33)34/h7-10,13-16,21,24H,4-6,11-12,17-18H2,1-3H3,(H,27,32). The average molecular weight is 531 g/mol. The van der Waals surface area contributed by atoms with E-state index >= 15 is 0 Å². The van der Waals surface area contributed by atoms with Crippen molar-refractivity contribution in [2.45, 2.75) is 64.6 Å². The zero-order valence-corrected chi connectivity index (χ0v) is 22.2. The smallest absolute Gasteiger partial charge is 0.271 e. The third-order valence-corrected chi connectivity index (χ3v) is 7.67. The van der Waals surface area contributed by atoms with Crippen LogP contribution in [0.2, 0.25) is 0 Å². The van der Waals surface area contributed by atoms with Crippen molar-refractivity contribution >= 4 is 33.2 Å². The first kappa shape index (κ1) is 28.1. The zero-order valence-electron chi connectivity index (χ0n) is 21.4. The van der Waals surface area contributed by atoms with Gasteiger partial charge in [-0.25, -0.2) is 8.42 Å². The van der Waals surface area contributed by atoms with Crippen LogP contribution < -0.4 is 9.62 Å². The summed E-state index contributed by atoms with van der Waals surface area (Å²) in [5.74, 6) is -0.844. The summed E-state index contributed by atoms with van der Waals surface area (Å²) in [7, 11) is -3.98. The number of nitrogens with one attached hydrogen (secondary N) is 1. The Balaban J connectivity index is 1.95. The van der Waals surface area contributed by atoms with Crippen molar-refractivity contribution in [2.75, 3.05) is 17.1 Å². The van der Waals surface area contributed by atoms with Crippen LogP contribution in [-0.4, -0.2) is 54.9 Å². The molecule has 0 aliphatic heterocycles. The van der Waals surface area contributed by atoms with Crippen molar-refractivity contribution in [1.82, 2.24) is 10.2 Å². The Morgan fingerprint density at radius 1 is 1.14 bits per heavy atom. The number of amides is 2. The summed E-state index contributed by atoms with van der Waals surface area (Å²) in [5, 5.41) is 14.3. The Labute approximate surface area is 217 Å². The molecule has 1 aliphatic rings. The van der Waals surface area contributed by atoms with E-state index in [1.165, 1.54) is 23.1 Å². The quantitative estimate of drug-likeness (QED) is 0.349. The second kappa shape index (κ2) is 12.2. The van der Waals surface area contributed by atoms with Gasteiger partial charge in [0, 0.05) is 24.7 Å². The summed E-state index contributed by atoms with van der Waals surface area (Å²) in [6.45, 7) is 3.25. The van der Waals surface area contributed by atoms with E-state index in [2.05, 4.69) is 5.32 Å². The average Bonchev–Trinajstić information content (AvgIpc) is 3.34. The van der Waals surface area contributed by atoms with Crippen LogP contribution in [0, 0.1) is 17.0 Å². The largest absolute Gasteiger partial charge is 0.352 e. The normalized spacial score (nSPS) is 14.7. The third kappa shape index (κ3) is 7.51. The number of hydrogen-bond donors (Lipinski definition) is 1. The highest BCUT2D eigenvalue weighted by Gasteiger charge is 2.33. The van der Waals surface area contributed by atoms with Gasteiger partial charge in [0.05, 0.1) is 16.9 Å². The van der Waals surface area contributed by atoms with Gasteiger partial charge in [0.1, 0.15) is 12.6 Å². The number of hydrogen-bond acceptors (Lipinski definition) is 6. The summed E-state index contributed by atoms with van der Waals surface area (Å²) in [4.78, 5) is 39.1. The predicted molar refractivity (Wildman–Crippen MR) is 141 cm³/mol. The second-order valence-corrected chi connectivity index (χ2v) is 11.4. The number of nitro benzene ring substituents is 1. The van der Waals surface area contributed by atoms with Gasteiger partial charge >= 0.3 is 0 Å². The molecule has 1 unspecified atom stereocenters. The van der Waals surface area contributed by atoms with E-state index in [1.807, 2.05) is 38.1 Å². The summed E-state index contributed by atoms with van der Waals surface area (Å²) >= 11 is 0.